The highest BCUT2D eigenvalue weighted by Gasteiger charge is 2.17. The van der Waals surface area contributed by atoms with Gasteiger partial charge < -0.3 is 10.6 Å². The van der Waals surface area contributed by atoms with Crippen LogP contribution in [-0.4, -0.2) is 17.9 Å². The maximum atomic E-state index is 12.4. The summed E-state index contributed by atoms with van der Waals surface area (Å²) in [5.74, 6) is 0.0914. The van der Waals surface area contributed by atoms with Crippen LogP contribution in [0.4, 0.5) is 5.69 Å². The lowest BCUT2D eigenvalue weighted by molar-refractivity contribution is -0.131. The fourth-order valence-electron chi connectivity index (χ4n) is 2.29. The van der Waals surface area contributed by atoms with Gasteiger partial charge in [-0.3, -0.25) is 4.79 Å². The Morgan fingerprint density at radius 3 is 2.48 bits per heavy atom. The van der Waals surface area contributed by atoms with Gasteiger partial charge in [-0.25, -0.2) is 0 Å². The molecule has 2 N–H and O–H groups in total. The first-order valence-corrected chi connectivity index (χ1v) is 7.14. The van der Waals surface area contributed by atoms with E-state index in [0.29, 0.717) is 12.1 Å². The maximum Gasteiger partial charge on any atom is 0.227 e. The molecule has 0 aromatic heterocycles. The molecule has 1 atom stereocenters. The maximum absolute atomic E-state index is 12.4. The smallest absolute Gasteiger partial charge is 0.227 e. The summed E-state index contributed by atoms with van der Waals surface area (Å²) in [5, 5.41) is 0. The number of carbonyl (C=O) groups is 1. The number of hydrogen-bond donors (Lipinski definition) is 1. The number of carbonyl (C=O) groups excluding carboxylic acids is 1. The second-order valence-corrected chi connectivity index (χ2v) is 5.51. The number of hydrogen-bond acceptors (Lipinski definition) is 2. The molecule has 0 aliphatic heterocycles. The molecule has 21 heavy (non-hydrogen) atoms. The van der Waals surface area contributed by atoms with E-state index in [1.54, 1.807) is 4.90 Å². The Hall–Kier alpha value is -2.29. The first kappa shape index (κ1) is 15.1. The highest BCUT2D eigenvalue weighted by atomic mass is 16.2. The molecule has 0 bridgehead atoms. The lowest BCUT2D eigenvalue weighted by Crippen LogP contribution is -2.30. The molecule has 3 heteroatoms. The number of nitrogen functional groups attached to an aromatic ring is 1. The third kappa shape index (κ3) is 3.85. The molecule has 110 valence electrons. The molecular formula is C18H22N2O. The third-order valence-corrected chi connectivity index (χ3v) is 3.84. The van der Waals surface area contributed by atoms with Crippen molar-refractivity contribution in [3.63, 3.8) is 0 Å². The van der Waals surface area contributed by atoms with Gasteiger partial charge >= 0.3 is 0 Å². The molecule has 0 radical (unpaired) electrons. The van der Waals surface area contributed by atoms with Crippen molar-refractivity contribution in [1.82, 2.24) is 4.90 Å². The Labute approximate surface area is 126 Å². The molecular weight excluding hydrogens is 260 g/mol. The molecule has 1 unspecified atom stereocenters. The summed E-state index contributed by atoms with van der Waals surface area (Å²) in [5.41, 5.74) is 9.75. The quantitative estimate of drug-likeness (QED) is 0.874. The van der Waals surface area contributed by atoms with Crippen molar-refractivity contribution in [1.29, 1.82) is 0 Å². The number of amides is 1. The minimum absolute atomic E-state index is 0.0548. The summed E-state index contributed by atoms with van der Waals surface area (Å²) in [6.07, 6.45) is 0.373. The predicted molar refractivity (Wildman–Crippen MR) is 86.9 cm³/mol. The van der Waals surface area contributed by atoms with Crippen LogP contribution >= 0.6 is 0 Å². The van der Waals surface area contributed by atoms with Crippen molar-refractivity contribution >= 4 is 11.6 Å². The average molecular weight is 282 g/mol. The lowest BCUT2D eigenvalue weighted by Gasteiger charge is -2.25. The van der Waals surface area contributed by atoms with Gasteiger partial charge in [-0.15, -0.1) is 0 Å². The van der Waals surface area contributed by atoms with Crippen molar-refractivity contribution < 1.29 is 4.79 Å². The van der Waals surface area contributed by atoms with Gasteiger partial charge in [0.05, 0.1) is 12.5 Å². The molecule has 0 saturated carbocycles. The number of rotatable bonds is 4. The number of anilines is 1. The van der Waals surface area contributed by atoms with E-state index in [1.165, 1.54) is 5.56 Å². The standard InChI is InChI=1S/C18H22N2O/c1-13-7-9-16(10-8-13)14(2)20(3)18(21)12-15-5-4-6-17(19)11-15/h4-11,14H,12,19H2,1-3H3. The van der Waals surface area contributed by atoms with Gasteiger partial charge in [0.15, 0.2) is 0 Å². The van der Waals surface area contributed by atoms with Crippen molar-refractivity contribution in [2.24, 2.45) is 0 Å². The van der Waals surface area contributed by atoms with Gasteiger partial charge in [0.1, 0.15) is 0 Å². The van der Waals surface area contributed by atoms with Gasteiger partial charge in [0.25, 0.3) is 0 Å². The van der Waals surface area contributed by atoms with Crippen LogP contribution in [-0.2, 0) is 11.2 Å². The molecule has 0 heterocycles. The second kappa shape index (κ2) is 6.44. The third-order valence-electron chi connectivity index (χ3n) is 3.84. The van der Waals surface area contributed by atoms with Gasteiger partial charge in [0.2, 0.25) is 5.91 Å². The zero-order chi connectivity index (χ0) is 15.4. The van der Waals surface area contributed by atoms with Crippen LogP contribution in [0.3, 0.4) is 0 Å². The molecule has 2 rings (SSSR count). The SMILES string of the molecule is Cc1ccc(C(C)N(C)C(=O)Cc2cccc(N)c2)cc1. The number of nitrogens with two attached hydrogens (primary N) is 1. The van der Waals surface area contributed by atoms with Crippen LogP contribution in [0.5, 0.6) is 0 Å². The minimum atomic E-state index is 0.0548. The summed E-state index contributed by atoms with van der Waals surface area (Å²) in [7, 11) is 1.85. The van der Waals surface area contributed by atoms with Gasteiger partial charge in [-0.05, 0) is 37.1 Å². The highest BCUT2D eigenvalue weighted by Crippen LogP contribution is 2.20. The topological polar surface area (TPSA) is 46.3 Å². The zero-order valence-electron chi connectivity index (χ0n) is 12.8. The molecule has 2 aromatic carbocycles. The summed E-state index contributed by atoms with van der Waals surface area (Å²) < 4.78 is 0. The molecule has 2 aromatic rings. The normalized spacial score (nSPS) is 12.0. The lowest BCUT2D eigenvalue weighted by atomic mass is 10.0. The molecule has 3 nitrogen and oxygen atoms in total. The summed E-state index contributed by atoms with van der Waals surface area (Å²) in [6, 6.07) is 15.8. The van der Waals surface area contributed by atoms with Gasteiger partial charge in [-0.1, -0.05) is 42.0 Å². The fourth-order valence-corrected chi connectivity index (χ4v) is 2.29. The first-order valence-electron chi connectivity index (χ1n) is 7.14. The molecule has 1 amide bonds. The van der Waals surface area contributed by atoms with E-state index in [1.807, 2.05) is 38.2 Å². The van der Waals surface area contributed by atoms with Crippen LogP contribution in [0.2, 0.25) is 0 Å². The first-order chi connectivity index (χ1) is 9.97. The molecule has 0 spiro atoms. The second-order valence-electron chi connectivity index (χ2n) is 5.51. The van der Waals surface area contributed by atoms with Crippen LogP contribution in [0.1, 0.15) is 29.7 Å². The van der Waals surface area contributed by atoms with Crippen molar-refractivity contribution in [3.05, 3.63) is 65.2 Å². The largest absolute Gasteiger partial charge is 0.399 e. The van der Waals surface area contributed by atoms with Crippen LogP contribution in [0, 0.1) is 6.92 Å². The Kier molecular flexibility index (Phi) is 4.63. The summed E-state index contributed by atoms with van der Waals surface area (Å²) in [6.45, 7) is 4.10. The fraction of sp³-hybridized carbons (Fsp3) is 0.278. The highest BCUT2D eigenvalue weighted by molar-refractivity contribution is 5.79. The number of aryl methyl sites for hydroxylation is 1. The van der Waals surface area contributed by atoms with Crippen molar-refractivity contribution in [3.8, 4) is 0 Å². The van der Waals surface area contributed by atoms with Crippen molar-refractivity contribution in [2.75, 3.05) is 12.8 Å². The Bertz CT molecular complexity index is 619. The molecule has 0 aliphatic rings. The monoisotopic (exact) mass is 282 g/mol. The van der Waals surface area contributed by atoms with E-state index < -0.39 is 0 Å². The molecule has 0 fully saturated rings. The zero-order valence-corrected chi connectivity index (χ0v) is 12.8. The predicted octanol–water partition coefficient (Wildman–Crippen LogP) is 3.34. The number of nitrogens with zero attached hydrogens (tertiary/aromatic N) is 1. The van der Waals surface area contributed by atoms with Crippen LogP contribution in [0.25, 0.3) is 0 Å². The van der Waals surface area contributed by atoms with Gasteiger partial charge in [0, 0.05) is 12.7 Å². The van der Waals surface area contributed by atoms with E-state index in [0.717, 1.165) is 11.1 Å². The van der Waals surface area contributed by atoms with Crippen LogP contribution < -0.4 is 5.73 Å². The van der Waals surface area contributed by atoms with E-state index in [9.17, 15) is 4.79 Å². The minimum Gasteiger partial charge on any atom is -0.399 e. The summed E-state index contributed by atoms with van der Waals surface area (Å²) in [4.78, 5) is 14.2. The molecule has 0 aliphatic carbocycles. The van der Waals surface area contributed by atoms with Crippen LogP contribution in [0.15, 0.2) is 48.5 Å². The Morgan fingerprint density at radius 1 is 1.19 bits per heavy atom. The number of likely N-dealkylation sites (N-methyl/N-ethyl adjacent to an activating group) is 1. The average Bonchev–Trinajstić information content (AvgIpc) is 2.46. The summed E-state index contributed by atoms with van der Waals surface area (Å²) >= 11 is 0. The Morgan fingerprint density at radius 2 is 1.86 bits per heavy atom. The molecule has 0 saturated heterocycles. The van der Waals surface area contributed by atoms with E-state index in [-0.39, 0.29) is 11.9 Å². The van der Waals surface area contributed by atoms with Crippen molar-refractivity contribution in [2.45, 2.75) is 26.3 Å². The number of benzene rings is 2. The van der Waals surface area contributed by atoms with E-state index in [4.69, 9.17) is 5.73 Å². The van der Waals surface area contributed by atoms with E-state index >= 15 is 0 Å². The van der Waals surface area contributed by atoms with E-state index in [2.05, 4.69) is 31.2 Å². The van der Waals surface area contributed by atoms with Gasteiger partial charge in [-0.2, -0.15) is 0 Å². The Balaban J connectivity index is 2.06.